The molecule has 1 amide bonds. The highest BCUT2D eigenvalue weighted by Crippen LogP contribution is 2.28. The number of amides is 1. The summed E-state index contributed by atoms with van der Waals surface area (Å²) in [5.41, 5.74) is -1.30. The molecule has 1 aromatic heterocycles. The van der Waals surface area contributed by atoms with Crippen LogP contribution in [-0.4, -0.2) is 16.2 Å². The van der Waals surface area contributed by atoms with Crippen LogP contribution in [0.2, 0.25) is 0 Å². The molecule has 0 bridgehead atoms. The Kier molecular flexibility index (Phi) is 2.59. The number of pyridine rings is 1. The van der Waals surface area contributed by atoms with Gasteiger partial charge in [0.2, 0.25) is 0 Å². The zero-order chi connectivity index (χ0) is 10.8. The first-order valence-corrected chi connectivity index (χ1v) is 3.43. The van der Waals surface area contributed by atoms with E-state index in [0.29, 0.717) is 6.07 Å². The van der Waals surface area contributed by atoms with Crippen LogP contribution in [0.25, 0.3) is 0 Å². The maximum Gasteiger partial charge on any atom is 0.433 e. The van der Waals surface area contributed by atoms with Crippen molar-refractivity contribution in [2.45, 2.75) is 6.18 Å². The van der Waals surface area contributed by atoms with Gasteiger partial charge in [-0.3, -0.25) is 10.3 Å². The molecule has 0 atom stereocenters. The maximum atomic E-state index is 12.1. The third kappa shape index (κ3) is 2.61. The Labute approximate surface area is 76.4 Å². The van der Waals surface area contributed by atoms with Crippen molar-refractivity contribution in [1.82, 2.24) is 4.98 Å². The van der Waals surface area contributed by atoms with E-state index in [4.69, 9.17) is 5.11 Å². The van der Waals surface area contributed by atoms with Crippen molar-refractivity contribution in [3.05, 3.63) is 24.0 Å². The lowest BCUT2D eigenvalue weighted by molar-refractivity contribution is -0.141. The van der Waals surface area contributed by atoms with E-state index in [-0.39, 0.29) is 5.69 Å². The lowest BCUT2D eigenvalue weighted by Gasteiger charge is -2.06. The van der Waals surface area contributed by atoms with E-state index < -0.39 is 18.0 Å². The van der Waals surface area contributed by atoms with Gasteiger partial charge in [-0.15, -0.1) is 0 Å². The normalized spacial score (nSPS) is 11.1. The topological polar surface area (TPSA) is 62.2 Å². The second kappa shape index (κ2) is 3.52. The minimum absolute atomic E-state index is 0.167. The third-order valence-electron chi connectivity index (χ3n) is 1.30. The molecule has 0 fully saturated rings. The standard InChI is InChI=1S/C7H5F3N2O2/c8-7(9,10)5-3-4(1-2-11-5)12-6(13)14/h1-3H,(H,11,12)(H,13,14). The second-order valence-electron chi connectivity index (χ2n) is 2.36. The van der Waals surface area contributed by atoms with Crippen LogP contribution in [-0.2, 0) is 6.18 Å². The van der Waals surface area contributed by atoms with Crippen molar-refractivity contribution >= 4 is 11.8 Å². The predicted octanol–water partition coefficient (Wildman–Crippen LogP) is 2.19. The van der Waals surface area contributed by atoms with Gasteiger partial charge < -0.3 is 5.11 Å². The van der Waals surface area contributed by atoms with Gasteiger partial charge in [0.05, 0.1) is 0 Å². The fourth-order valence-electron chi connectivity index (χ4n) is 0.787. The Morgan fingerprint density at radius 3 is 2.64 bits per heavy atom. The Morgan fingerprint density at radius 2 is 2.14 bits per heavy atom. The minimum atomic E-state index is -4.57. The first kappa shape index (κ1) is 10.3. The molecule has 76 valence electrons. The summed E-state index contributed by atoms with van der Waals surface area (Å²) in [4.78, 5) is 13.2. The van der Waals surface area contributed by atoms with E-state index in [1.807, 2.05) is 0 Å². The van der Waals surface area contributed by atoms with Gasteiger partial charge in [0.15, 0.2) is 0 Å². The van der Waals surface area contributed by atoms with Gasteiger partial charge in [-0.2, -0.15) is 13.2 Å². The number of nitrogens with zero attached hydrogens (tertiary/aromatic N) is 1. The number of nitrogens with one attached hydrogen (secondary N) is 1. The molecule has 0 aliphatic carbocycles. The molecule has 14 heavy (non-hydrogen) atoms. The van der Waals surface area contributed by atoms with Crippen LogP contribution in [0.4, 0.5) is 23.7 Å². The van der Waals surface area contributed by atoms with Crippen molar-refractivity contribution in [1.29, 1.82) is 0 Å². The van der Waals surface area contributed by atoms with Crippen LogP contribution in [0.1, 0.15) is 5.69 Å². The number of alkyl halides is 3. The summed E-state index contributed by atoms with van der Waals surface area (Å²) in [6.07, 6.45) is -5.12. The molecule has 0 saturated carbocycles. The largest absolute Gasteiger partial charge is 0.465 e. The van der Waals surface area contributed by atoms with Gasteiger partial charge in [-0.1, -0.05) is 0 Å². The summed E-state index contributed by atoms with van der Waals surface area (Å²) in [5, 5.41) is 10.0. The smallest absolute Gasteiger partial charge is 0.433 e. The number of carboxylic acid groups (broad SMARTS) is 1. The molecule has 0 unspecified atom stereocenters. The molecule has 1 heterocycles. The van der Waals surface area contributed by atoms with Gasteiger partial charge in [-0.25, -0.2) is 4.79 Å². The number of rotatable bonds is 1. The summed E-state index contributed by atoms with van der Waals surface area (Å²) >= 11 is 0. The lowest BCUT2D eigenvalue weighted by Crippen LogP contribution is -2.11. The summed E-state index contributed by atoms with van der Waals surface area (Å²) in [6, 6.07) is 1.75. The Hall–Kier alpha value is -1.79. The van der Waals surface area contributed by atoms with Crippen LogP contribution in [0.3, 0.4) is 0 Å². The molecule has 0 radical (unpaired) electrons. The molecule has 4 nitrogen and oxygen atoms in total. The van der Waals surface area contributed by atoms with E-state index >= 15 is 0 Å². The van der Waals surface area contributed by atoms with E-state index in [2.05, 4.69) is 4.98 Å². The van der Waals surface area contributed by atoms with Crippen molar-refractivity contribution in [3.8, 4) is 0 Å². The molecule has 0 saturated heterocycles. The fraction of sp³-hybridized carbons (Fsp3) is 0.143. The molecule has 0 aromatic carbocycles. The van der Waals surface area contributed by atoms with Crippen LogP contribution in [0, 0.1) is 0 Å². The monoisotopic (exact) mass is 206 g/mol. The fourth-order valence-corrected chi connectivity index (χ4v) is 0.787. The summed E-state index contributed by atoms with van der Waals surface area (Å²) in [7, 11) is 0. The summed E-state index contributed by atoms with van der Waals surface area (Å²) < 4.78 is 36.2. The Bertz CT molecular complexity index is 351. The molecular weight excluding hydrogens is 201 g/mol. The molecule has 2 N–H and O–H groups in total. The van der Waals surface area contributed by atoms with Crippen molar-refractivity contribution < 1.29 is 23.1 Å². The molecule has 0 spiro atoms. The van der Waals surface area contributed by atoms with Crippen LogP contribution < -0.4 is 5.32 Å². The quantitative estimate of drug-likeness (QED) is 0.740. The predicted molar refractivity (Wildman–Crippen MR) is 40.9 cm³/mol. The third-order valence-corrected chi connectivity index (χ3v) is 1.30. The maximum absolute atomic E-state index is 12.1. The highest BCUT2D eigenvalue weighted by Gasteiger charge is 2.32. The van der Waals surface area contributed by atoms with Gasteiger partial charge in [0, 0.05) is 11.9 Å². The number of anilines is 1. The van der Waals surface area contributed by atoms with Gasteiger partial charge in [0.1, 0.15) is 5.69 Å². The SMILES string of the molecule is O=C(O)Nc1ccnc(C(F)(F)F)c1. The first-order chi connectivity index (χ1) is 6.39. The number of hydrogen-bond acceptors (Lipinski definition) is 2. The average molecular weight is 206 g/mol. The first-order valence-electron chi connectivity index (χ1n) is 3.43. The highest BCUT2D eigenvalue weighted by atomic mass is 19.4. The van der Waals surface area contributed by atoms with E-state index in [0.717, 1.165) is 12.3 Å². The number of aromatic nitrogens is 1. The van der Waals surface area contributed by atoms with Gasteiger partial charge in [-0.05, 0) is 12.1 Å². The van der Waals surface area contributed by atoms with E-state index in [1.54, 1.807) is 5.32 Å². The minimum Gasteiger partial charge on any atom is -0.465 e. The summed E-state index contributed by atoms with van der Waals surface area (Å²) in [5.74, 6) is 0. The molecule has 1 rings (SSSR count). The van der Waals surface area contributed by atoms with Crippen LogP contribution in [0.5, 0.6) is 0 Å². The van der Waals surface area contributed by atoms with E-state index in [9.17, 15) is 18.0 Å². The zero-order valence-corrected chi connectivity index (χ0v) is 6.67. The molecule has 0 aliphatic rings. The molecule has 7 heteroatoms. The zero-order valence-electron chi connectivity index (χ0n) is 6.67. The molecule has 1 aromatic rings. The van der Waals surface area contributed by atoms with Crippen LogP contribution in [0.15, 0.2) is 18.3 Å². The Balaban J connectivity index is 2.95. The van der Waals surface area contributed by atoms with Gasteiger partial charge >= 0.3 is 12.3 Å². The number of halogens is 3. The van der Waals surface area contributed by atoms with E-state index in [1.165, 1.54) is 0 Å². The highest BCUT2D eigenvalue weighted by molar-refractivity contribution is 5.82. The van der Waals surface area contributed by atoms with Crippen molar-refractivity contribution in [2.24, 2.45) is 0 Å². The molecular formula is C7H5F3N2O2. The number of carbonyl (C=O) groups is 1. The lowest BCUT2D eigenvalue weighted by atomic mass is 10.3. The summed E-state index contributed by atoms with van der Waals surface area (Å²) in [6.45, 7) is 0. The van der Waals surface area contributed by atoms with Gasteiger partial charge in [0.25, 0.3) is 0 Å². The second-order valence-corrected chi connectivity index (χ2v) is 2.36. The number of hydrogen-bond donors (Lipinski definition) is 2. The molecule has 0 aliphatic heterocycles. The van der Waals surface area contributed by atoms with Crippen molar-refractivity contribution in [3.63, 3.8) is 0 Å². The Morgan fingerprint density at radius 1 is 1.50 bits per heavy atom. The van der Waals surface area contributed by atoms with Crippen molar-refractivity contribution in [2.75, 3.05) is 5.32 Å². The average Bonchev–Trinajstić information content (AvgIpc) is 2.01. The van der Waals surface area contributed by atoms with Crippen LogP contribution >= 0.6 is 0 Å².